The molecular formula is C14H19FN2O2S. The fourth-order valence-electron chi connectivity index (χ4n) is 1.98. The van der Waals surface area contributed by atoms with Gasteiger partial charge in [-0.1, -0.05) is 0 Å². The fourth-order valence-corrected chi connectivity index (χ4v) is 2.95. The summed E-state index contributed by atoms with van der Waals surface area (Å²) in [7, 11) is 0. The summed E-state index contributed by atoms with van der Waals surface area (Å²) >= 11 is 1.52. The zero-order valence-electron chi connectivity index (χ0n) is 11.4. The number of ether oxygens (including phenoxy) is 1. The van der Waals surface area contributed by atoms with Crippen LogP contribution in [0.25, 0.3) is 0 Å². The Kier molecular flexibility index (Phi) is 5.25. The average Bonchev–Trinajstić information content (AvgIpc) is 2.93. The molecule has 4 nitrogen and oxygen atoms in total. The van der Waals surface area contributed by atoms with Gasteiger partial charge >= 0.3 is 0 Å². The highest BCUT2D eigenvalue weighted by Gasteiger charge is 2.20. The van der Waals surface area contributed by atoms with Crippen molar-refractivity contribution in [2.45, 2.75) is 31.1 Å². The minimum Gasteiger partial charge on any atom is -0.399 e. The van der Waals surface area contributed by atoms with Crippen molar-refractivity contribution in [2.75, 3.05) is 23.4 Å². The number of nitrogens with two attached hydrogens (primary N) is 1. The van der Waals surface area contributed by atoms with Crippen molar-refractivity contribution in [3.63, 3.8) is 0 Å². The van der Waals surface area contributed by atoms with Gasteiger partial charge < -0.3 is 15.8 Å². The lowest BCUT2D eigenvalue weighted by atomic mass is 10.2. The number of rotatable bonds is 5. The Bertz CT molecular complexity index is 478. The molecule has 0 aliphatic carbocycles. The molecule has 1 aromatic carbocycles. The summed E-state index contributed by atoms with van der Waals surface area (Å²) in [4.78, 5) is 12.0. The van der Waals surface area contributed by atoms with Crippen LogP contribution in [0.1, 0.15) is 19.8 Å². The quantitative estimate of drug-likeness (QED) is 0.820. The molecule has 2 rings (SSSR count). The Morgan fingerprint density at radius 1 is 1.65 bits per heavy atom. The molecule has 1 amide bonds. The first-order chi connectivity index (χ1) is 9.56. The smallest absolute Gasteiger partial charge is 0.237 e. The van der Waals surface area contributed by atoms with Gasteiger partial charge in [-0.05, 0) is 38.0 Å². The van der Waals surface area contributed by atoms with E-state index in [4.69, 9.17) is 10.5 Å². The van der Waals surface area contributed by atoms with Gasteiger partial charge in [0, 0.05) is 18.0 Å². The molecule has 3 N–H and O–H groups in total. The minimum atomic E-state index is -0.483. The predicted molar refractivity (Wildman–Crippen MR) is 80.3 cm³/mol. The maximum Gasteiger partial charge on any atom is 0.237 e. The Morgan fingerprint density at radius 3 is 3.15 bits per heavy atom. The maximum atomic E-state index is 13.5. The molecule has 2 unspecified atom stereocenters. The number of anilines is 2. The van der Waals surface area contributed by atoms with Crippen LogP contribution in [-0.2, 0) is 9.53 Å². The second-order valence-electron chi connectivity index (χ2n) is 4.84. The number of thioether (sulfide) groups is 1. The van der Waals surface area contributed by atoms with Gasteiger partial charge in [0.1, 0.15) is 5.82 Å². The van der Waals surface area contributed by atoms with Crippen LogP contribution >= 0.6 is 11.8 Å². The van der Waals surface area contributed by atoms with Gasteiger partial charge in [0.05, 0.1) is 17.0 Å². The molecule has 1 heterocycles. The number of carbonyl (C=O) groups excluding carboxylic acids is 1. The number of benzene rings is 1. The topological polar surface area (TPSA) is 64.3 Å². The normalized spacial score (nSPS) is 19.8. The van der Waals surface area contributed by atoms with E-state index in [0.29, 0.717) is 5.69 Å². The first-order valence-corrected chi connectivity index (χ1v) is 7.70. The maximum absolute atomic E-state index is 13.5. The van der Waals surface area contributed by atoms with E-state index in [1.807, 2.05) is 0 Å². The van der Waals surface area contributed by atoms with Gasteiger partial charge in [0.15, 0.2) is 0 Å². The minimum absolute atomic E-state index is 0.125. The van der Waals surface area contributed by atoms with Crippen molar-refractivity contribution in [3.05, 3.63) is 24.0 Å². The lowest BCUT2D eigenvalue weighted by Gasteiger charge is -2.15. The van der Waals surface area contributed by atoms with Crippen molar-refractivity contribution in [1.82, 2.24) is 0 Å². The molecule has 0 bridgehead atoms. The van der Waals surface area contributed by atoms with Crippen molar-refractivity contribution < 1.29 is 13.9 Å². The van der Waals surface area contributed by atoms with Crippen molar-refractivity contribution in [1.29, 1.82) is 0 Å². The van der Waals surface area contributed by atoms with Gasteiger partial charge in [-0.25, -0.2) is 4.39 Å². The van der Waals surface area contributed by atoms with E-state index >= 15 is 0 Å². The molecule has 6 heteroatoms. The monoisotopic (exact) mass is 298 g/mol. The van der Waals surface area contributed by atoms with E-state index in [1.165, 1.54) is 30.0 Å². The van der Waals surface area contributed by atoms with Crippen LogP contribution < -0.4 is 11.1 Å². The Labute approximate surface area is 122 Å². The molecular weight excluding hydrogens is 279 g/mol. The third kappa shape index (κ3) is 4.11. The first-order valence-electron chi connectivity index (χ1n) is 6.65. The lowest BCUT2D eigenvalue weighted by Crippen LogP contribution is -2.25. The van der Waals surface area contributed by atoms with Crippen LogP contribution in [0.5, 0.6) is 0 Å². The number of amides is 1. The number of carbonyl (C=O) groups is 1. The summed E-state index contributed by atoms with van der Waals surface area (Å²) in [6.07, 6.45) is 2.37. The summed E-state index contributed by atoms with van der Waals surface area (Å²) in [5.41, 5.74) is 6.12. The van der Waals surface area contributed by atoms with Gasteiger partial charge in [-0.3, -0.25) is 4.79 Å². The lowest BCUT2D eigenvalue weighted by molar-refractivity contribution is -0.115. The fraction of sp³-hybridized carbons (Fsp3) is 0.500. The second kappa shape index (κ2) is 6.95. The summed E-state index contributed by atoms with van der Waals surface area (Å²) < 4.78 is 19.0. The van der Waals surface area contributed by atoms with E-state index < -0.39 is 5.82 Å². The van der Waals surface area contributed by atoms with Gasteiger partial charge in [-0.2, -0.15) is 0 Å². The summed E-state index contributed by atoms with van der Waals surface area (Å²) in [5.74, 6) is 0.0786. The van der Waals surface area contributed by atoms with Crippen LogP contribution in [0.4, 0.5) is 15.8 Å². The van der Waals surface area contributed by atoms with Crippen molar-refractivity contribution >= 4 is 29.0 Å². The zero-order chi connectivity index (χ0) is 14.5. The average molecular weight is 298 g/mol. The summed E-state index contributed by atoms with van der Waals surface area (Å²) in [6.45, 7) is 2.61. The molecule has 0 saturated carbocycles. The highest BCUT2D eigenvalue weighted by molar-refractivity contribution is 8.00. The summed E-state index contributed by atoms with van der Waals surface area (Å²) in [6, 6.07) is 4.13. The third-order valence-corrected chi connectivity index (χ3v) is 4.45. The number of hydrogen-bond donors (Lipinski definition) is 2. The molecule has 2 atom stereocenters. The molecule has 1 aliphatic rings. The van der Waals surface area contributed by atoms with Crippen LogP contribution in [0, 0.1) is 5.82 Å². The number of nitrogens with one attached hydrogen (secondary N) is 1. The van der Waals surface area contributed by atoms with Gasteiger partial charge in [0.2, 0.25) is 5.91 Å². The SMILES string of the molecule is CC(SCC1CCCO1)C(=O)Nc1cc(N)ccc1F. The van der Waals surface area contributed by atoms with Crippen LogP contribution in [0.15, 0.2) is 18.2 Å². The van der Waals surface area contributed by atoms with E-state index in [0.717, 1.165) is 25.2 Å². The van der Waals surface area contributed by atoms with E-state index in [-0.39, 0.29) is 22.9 Å². The van der Waals surface area contributed by atoms with E-state index in [9.17, 15) is 9.18 Å². The Hall–Kier alpha value is -1.27. The van der Waals surface area contributed by atoms with Crippen molar-refractivity contribution in [2.24, 2.45) is 0 Å². The molecule has 110 valence electrons. The number of hydrogen-bond acceptors (Lipinski definition) is 4. The highest BCUT2D eigenvalue weighted by atomic mass is 32.2. The number of nitrogen functional groups attached to an aromatic ring is 1. The van der Waals surface area contributed by atoms with Crippen LogP contribution in [0.2, 0.25) is 0 Å². The third-order valence-electron chi connectivity index (χ3n) is 3.17. The van der Waals surface area contributed by atoms with E-state index in [2.05, 4.69) is 5.32 Å². The standard InChI is InChI=1S/C14H19FN2O2S/c1-9(20-8-11-3-2-6-19-11)14(18)17-13-7-10(16)4-5-12(13)15/h4-5,7,9,11H,2-3,6,8,16H2,1H3,(H,17,18). The molecule has 1 aromatic rings. The Balaban J connectivity index is 1.85. The van der Waals surface area contributed by atoms with Gasteiger partial charge in [0.25, 0.3) is 0 Å². The van der Waals surface area contributed by atoms with Crippen molar-refractivity contribution in [3.8, 4) is 0 Å². The highest BCUT2D eigenvalue weighted by Crippen LogP contribution is 2.22. The predicted octanol–water partition coefficient (Wildman–Crippen LogP) is 2.65. The summed E-state index contributed by atoms with van der Waals surface area (Å²) in [5, 5.41) is 2.31. The molecule has 0 radical (unpaired) electrons. The van der Waals surface area contributed by atoms with Crippen LogP contribution in [-0.4, -0.2) is 29.6 Å². The number of halogens is 1. The first kappa shape index (κ1) is 15.1. The molecule has 1 aliphatic heterocycles. The molecule has 1 fully saturated rings. The molecule has 20 heavy (non-hydrogen) atoms. The zero-order valence-corrected chi connectivity index (χ0v) is 12.2. The Morgan fingerprint density at radius 2 is 2.45 bits per heavy atom. The van der Waals surface area contributed by atoms with Crippen LogP contribution in [0.3, 0.4) is 0 Å². The van der Waals surface area contributed by atoms with Gasteiger partial charge in [-0.15, -0.1) is 11.8 Å². The molecule has 0 spiro atoms. The molecule has 0 aromatic heterocycles. The van der Waals surface area contributed by atoms with E-state index in [1.54, 1.807) is 6.92 Å². The second-order valence-corrected chi connectivity index (χ2v) is 6.21. The largest absolute Gasteiger partial charge is 0.399 e. The molecule has 1 saturated heterocycles.